The van der Waals surface area contributed by atoms with Gasteiger partial charge in [0.25, 0.3) is 0 Å². The molecule has 2 N–H and O–H groups in total. The molecule has 0 spiro atoms. The zero-order valence-corrected chi connectivity index (χ0v) is 39.4. The van der Waals surface area contributed by atoms with Gasteiger partial charge in [-0.3, -0.25) is 0 Å². The van der Waals surface area contributed by atoms with Gasteiger partial charge in [-0.2, -0.15) is 0 Å². The first-order chi connectivity index (χ1) is 30.5. The maximum absolute atomic E-state index is 12.2. The van der Waals surface area contributed by atoms with Crippen LogP contribution >= 0.6 is 0 Å². The number of carbonyl (C=O) groups is 2. The second-order valence-corrected chi connectivity index (χ2v) is 17.4. The van der Waals surface area contributed by atoms with Gasteiger partial charge in [0.05, 0.1) is 11.1 Å². The summed E-state index contributed by atoms with van der Waals surface area (Å²) in [6.45, 7) is 6.44. The summed E-state index contributed by atoms with van der Waals surface area (Å²) in [7, 11) is 0. The quantitative estimate of drug-likeness (QED) is 0.0514. The van der Waals surface area contributed by atoms with Crippen LogP contribution in [-0.2, 0) is 9.47 Å². The topological polar surface area (TPSA) is 93.1 Å². The zero-order valence-electron chi connectivity index (χ0n) is 39.4. The number of ether oxygens (including phenoxy) is 2. The van der Waals surface area contributed by atoms with Crippen molar-refractivity contribution in [1.29, 1.82) is 0 Å². The lowest BCUT2D eigenvalue weighted by Crippen LogP contribution is -2.05. The van der Waals surface area contributed by atoms with Crippen molar-refractivity contribution in [2.24, 2.45) is 0 Å². The highest BCUT2D eigenvalue weighted by Crippen LogP contribution is 2.30. The molecule has 2 rings (SSSR count). The fourth-order valence-electron chi connectivity index (χ4n) is 8.09. The van der Waals surface area contributed by atoms with Crippen LogP contribution in [0, 0.1) is 23.7 Å². The van der Waals surface area contributed by atoms with Crippen LogP contribution in [0.25, 0.3) is 11.1 Å². The predicted molar refractivity (Wildman–Crippen MR) is 260 cm³/mol. The summed E-state index contributed by atoms with van der Waals surface area (Å²) in [5.74, 6) is 9.94. The molecule has 0 heterocycles. The minimum Gasteiger partial charge on any atom is -0.478 e. The Morgan fingerprint density at radius 3 is 0.919 bits per heavy atom. The van der Waals surface area contributed by atoms with Gasteiger partial charge in [-0.25, -0.2) is 9.59 Å². The highest BCUT2D eigenvalue weighted by molar-refractivity contribution is 6.02. The van der Waals surface area contributed by atoms with Crippen LogP contribution < -0.4 is 0 Å². The molecule has 0 amide bonds. The molecule has 346 valence electrons. The molecule has 0 aromatic heterocycles. The van der Waals surface area contributed by atoms with Gasteiger partial charge in [0.1, 0.15) is 13.2 Å². The van der Waals surface area contributed by atoms with Crippen molar-refractivity contribution < 1.29 is 29.3 Å². The number of unbranched alkanes of at least 4 members (excludes halogenated alkanes) is 30. The van der Waals surface area contributed by atoms with Crippen molar-refractivity contribution in [3.05, 3.63) is 58.7 Å². The van der Waals surface area contributed by atoms with E-state index in [1.54, 1.807) is 24.3 Å². The number of carboxylic acids is 2. The third kappa shape index (κ3) is 28.2. The summed E-state index contributed by atoms with van der Waals surface area (Å²) in [4.78, 5) is 24.5. The van der Waals surface area contributed by atoms with Gasteiger partial charge >= 0.3 is 11.9 Å². The normalized spacial score (nSPS) is 10.9. The Bertz CT molecular complexity index is 1450. The highest BCUT2D eigenvalue weighted by atomic mass is 16.5. The Labute approximate surface area is 379 Å². The maximum atomic E-state index is 12.2. The summed E-state index contributed by atoms with van der Waals surface area (Å²) in [6, 6.07) is 9.55. The van der Waals surface area contributed by atoms with E-state index < -0.39 is 11.9 Å². The lowest BCUT2D eigenvalue weighted by molar-refractivity contribution is 0.0684. The molecular weight excluding hydrogens is 769 g/mol. The molecule has 2 aromatic carbocycles. The Kier molecular flexibility index (Phi) is 34.4. The van der Waals surface area contributed by atoms with Crippen LogP contribution in [0.4, 0.5) is 0 Å². The summed E-state index contributed by atoms with van der Waals surface area (Å²) < 4.78 is 11.5. The Morgan fingerprint density at radius 2 is 0.661 bits per heavy atom. The fourth-order valence-corrected chi connectivity index (χ4v) is 8.09. The van der Waals surface area contributed by atoms with Gasteiger partial charge in [-0.05, 0) is 60.4 Å². The summed E-state index contributed by atoms with van der Waals surface area (Å²) in [6.07, 6.45) is 42.6. The smallest absolute Gasteiger partial charge is 0.336 e. The van der Waals surface area contributed by atoms with E-state index in [1.807, 2.05) is 0 Å². The molecule has 2 aromatic rings. The predicted octanol–water partition coefficient (Wildman–Crippen LogP) is 16.0. The van der Waals surface area contributed by atoms with Crippen LogP contribution in [0.1, 0.15) is 251 Å². The SMILES string of the molecule is CCCCCCCCCCCCCCCCCCOCC#Cc1ccc(C(=O)O)c(-c2cc(C#CCOCCCCCCCCCCCCCCCCCC)ccc2C(=O)O)c1. The standard InChI is InChI=1S/C56H86O6/c1-3-5-7-9-11-13-15-17-19-21-23-25-27-29-31-33-43-61-45-35-37-49-39-41-51(55(57)58)53(47-49)54-48-50(40-42-52(54)56(59)60)38-36-46-62-44-34-32-30-28-26-24-22-20-18-16-14-12-10-8-6-4-2/h39-42,47-48H,3-34,43-46H2,1-2H3,(H,57,58)(H,59,60). The lowest BCUT2D eigenvalue weighted by atomic mass is 9.92. The van der Waals surface area contributed by atoms with E-state index in [4.69, 9.17) is 9.47 Å². The summed E-state index contributed by atoms with van der Waals surface area (Å²) in [5.41, 5.74) is 1.77. The Morgan fingerprint density at radius 1 is 0.403 bits per heavy atom. The van der Waals surface area contributed by atoms with Gasteiger partial charge in [0.15, 0.2) is 0 Å². The minimum absolute atomic E-state index is 0.00467. The van der Waals surface area contributed by atoms with Crippen molar-refractivity contribution >= 4 is 11.9 Å². The van der Waals surface area contributed by atoms with Crippen molar-refractivity contribution in [3.63, 3.8) is 0 Å². The number of aromatic carboxylic acids is 2. The molecule has 0 aliphatic carbocycles. The molecule has 6 heteroatoms. The van der Waals surface area contributed by atoms with Crippen LogP contribution in [0.15, 0.2) is 36.4 Å². The van der Waals surface area contributed by atoms with Gasteiger partial charge < -0.3 is 19.7 Å². The van der Waals surface area contributed by atoms with Crippen LogP contribution in [0.5, 0.6) is 0 Å². The molecule has 0 unspecified atom stereocenters. The number of carboxylic acid groups (broad SMARTS) is 2. The first-order valence-corrected chi connectivity index (χ1v) is 25.4. The second kappa shape index (κ2) is 39.0. The molecule has 0 saturated heterocycles. The highest BCUT2D eigenvalue weighted by Gasteiger charge is 2.19. The van der Waals surface area contributed by atoms with Gasteiger partial charge in [0, 0.05) is 24.3 Å². The van der Waals surface area contributed by atoms with E-state index in [9.17, 15) is 19.8 Å². The van der Waals surface area contributed by atoms with Crippen molar-refractivity contribution in [2.45, 2.75) is 219 Å². The molecule has 62 heavy (non-hydrogen) atoms. The molecule has 0 aliphatic heterocycles. The van der Waals surface area contributed by atoms with Crippen molar-refractivity contribution in [2.75, 3.05) is 26.4 Å². The molecule has 0 atom stereocenters. The molecule has 0 radical (unpaired) electrons. The van der Waals surface area contributed by atoms with Crippen LogP contribution in [0.3, 0.4) is 0 Å². The van der Waals surface area contributed by atoms with Crippen LogP contribution in [0.2, 0.25) is 0 Å². The van der Waals surface area contributed by atoms with E-state index in [-0.39, 0.29) is 24.3 Å². The minimum atomic E-state index is -1.14. The molecular formula is C56H86O6. The van der Waals surface area contributed by atoms with Crippen molar-refractivity contribution in [3.8, 4) is 34.8 Å². The molecule has 6 nitrogen and oxygen atoms in total. The lowest BCUT2D eigenvalue weighted by Gasteiger charge is -2.11. The van der Waals surface area contributed by atoms with E-state index >= 15 is 0 Å². The molecule has 0 saturated carbocycles. The molecule has 0 fully saturated rings. The van der Waals surface area contributed by atoms with Crippen LogP contribution in [-0.4, -0.2) is 48.6 Å². The second-order valence-electron chi connectivity index (χ2n) is 17.4. The number of benzene rings is 2. The van der Waals surface area contributed by atoms with Crippen molar-refractivity contribution in [1.82, 2.24) is 0 Å². The number of rotatable bonds is 39. The summed E-state index contributed by atoms with van der Waals surface area (Å²) >= 11 is 0. The molecule has 0 aliphatic rings. The summed E-state index contributed by atoms with van der Waals surface area (Å²) in [5, 5.41) is 20.0. The maximum Gasteiger partial charge on any atom is 0.336 e. The van der Waals surface area contributed by atoms with Gasteiger partial charge in [-0.1, -0.05) is 230 Å². The average molecular weight is 855 g/mol. The largest absolute Gasteiger partial charge is 0.478 e. The zero-order chi connectivity index (χ0) is 44.6. The first kappa shape index (κ1) is 54.6. The number of hydrogen-bond donors (Lipinski definition) is 2. The average Bonchev–Trinajstić information content (AvgIpc) is 3.27. The third-order valence-corrected chi connectivity index (χ3v) is 11.9. The van der Waals surface area contributed by atoms with E-state index in [1.165, 1.54) is 192 Å². The van der Waals surface area contributed by atoms with E-state index in [0.29, 0.717) is 35.5 Å². The van der Waals surface area contributed by atoms with E-state index in [2.05, 4.69) is 37.5 Å². The third-order valence-electron chi connectivity index (χ3n) is 11.9. The monoisotopic (exact) mass is 855 g/mol. The molecule has 0 bridgehead atoms. The van der Waals surface area contributed by atoms with Gasteiger partial charge in [-0.15, -0.1) is 0 Å². The first-order valence-electron chi connectivity index (χ1n) is 25.4. The van der Waals surface area contributed by atoms with Gasteiger partial charge in [0.2, 0.25) is 0 Å². The number of hydrogen-bond acceptors (Lipinski definition) is 4. The fraction of sp³-hybridized carbons (Fsp3) is 0.679. The van der Waals surface area contributed by atoms with E-state index in [0.717, 1.165) is 25.7 Å². The Balaban J connectivity index is 1.67. The Hall–Kier alpha value is -3.58.